The third-order valence-electron chi connectivity index (χ3n) is 3.96. The molecule has 1 aromatic heterocycles. The van der Waals surface area contributed by atoms with Crippen molar-refractivity contribution in [3.05, 3.63) is 64.5 Å². The van der Waals surface area contributed by atoms with E-state index in [0.29, 0.717) is 31.7 Å². The van der Waals surface area contributed by atoms with Crippen molar-refractivity contribution >= 4 is 33.8 Å². The van der Waals surface area contributed by atoms with E-state index in [1.54, 1.807) is 28.0 Å². The van der Waals surface area contributed by atoms with Crippen LogP contribution in [0.15, 0.2) is 57.8 Å². The van der Waals surface area contributed by atoms with E-state index in [1.807, 2.05) is 24.3 Å². The fraction of sp³-hybridized carbons (Fsp3) is 0.222. The highest BCUT2D eigenvalue weighted by Crippen LogP contribution is 2.17. The number of hydrogen-bond donors (Lipinski definition) is 0. The second-order valence-corrected chi connectivity index (χ2v) is 6.34. The van der Waals surface area contributed by atoms with E-state index >= 15 is 0 Å². The van der Waals surface area contributed by atoms with Gasteiger partial charge in [-0.05, 0) is 23.8 Å². The molecule has 1 aliphatic heterocycles. The van der Waals surface area contributed by atoms with E-state index in [9.17, 15) is 9.59 Å². The van der Waals surface area contributed by atoms with Crippen molar-refractivity contribution in [2.24, 2.45) is 0 Å². The summed E-state index contributed by atoms with van der Waals surface area (Å²) in [6.07, 6.45) is 6.31. The second kappa shape index (κ2) is 7.49. The predicted molar refractivity (Wildman–Crippen MR) is 94.4 cm³/mol. The van der Waals surface area contributed by atoms with Crippen LogP contribution in [0, 0.1) is 0 Å². The smallest absolute Gasteiger partial charge is 0.257 e. The Balaban J connectivity index is 1.55. The topological polar surface area (TPSA) is 53.8 Å². The molecule has 0 spiro atoms. The largest absolute Gasteiger partial charge is 0.472 e. The molecular formula is C18H17BrN2O3. The number of carbonyl (C=O) groups is 2. The van der Waals surface area contributed by atoms with Crippen LogP contribution in [-0.4, -0.2) is 47.8 Å². The van der Waals surface area contributed by atoms with Gasteiger partial charge in [0.2, 0.25) is 5.91 Å². The highest BCUT2D eigenvalue weighted by atomic mass is 79.9. The van der Waals surface area contributed by atoms with Crippen molar-refractivity contribution in [2.45, 2.75) is 0 Å². The summed E-state index contributed by atoms with van der Waals surface area (Å²) in [5.74, 6) is -0.0965. The molecule has 24 heavy (non-hydrogen) atoms. The zero-order valence-corrected chi connectivity index (χ0v) is 14.6. The van der Waals surface area contributed by atoms with Crippen molar-refractivity contribution < 1.29 is 14.0 Å². The molecule has 0 unspecified atom stereocenters. The molecule has 2 amide bonds. The Morgan fingerprint density at radius 1 is 1.04 bits per heavy atom. The van der Waals surface area contributed by atoms with Gasteiger partial charge in [0.25, 0.3) is 5.91 Å². The number of nitrogens with zero attached hydrogens (tertiary/aromatic N) is 2. The summed E-state index contributed by atoms with van der Waals surface area (Å²) >= 11 is 3.46. The van der Waals surface area contributed by atoms with Gasteiger partial charge in [0.15, 0.2) is 0 Å². The van der Waals surface area contributed by atoms with Gasteiger partial charge in [0.1, 0.15) is 6.26 Å². The van der Waals surface area contributed by atoms with Gasteiger partial charge in [0, 0.05) is 36.7 Å². The number of amides is 2. The van der Waals surface area contributed by atoms with Gasteiger partial charge in [-0.3, -0.25) is 9.59 Å². The Bertz CT molecular complexity index is 747. The molecule has 0 saturated carbocycles. The number of piperazine rings is 1. The molecule has 0 N–H and O–H groups in total. The van der Waals surface area contributed by atoms with E-state index in [4.69, 9.17) is 4.42 Å². The Labute approximate surface area is 148 Å². The fourth-order valence-corrected chi connectivity index (χ4v) is 2.99. The molecule has 3 rings (SSSR count). The third kappa shape index (κ3) is 3.76. The van der Waals surface area contributed by atoms with Gasteiger partial charge in [-0.2, -0.15) is 0 Å². The van der Waals surface area contributed by atoms with Gasteiger partial charge in [0.05, 0.1) is 11.8 Å². The van der Waals surface area contributed by atoms with E-state index in [-0.39, 0.29) is 11.8 Å². The zero-order valence-electron chi connectivity index (χ0n) is 13.0. The van der Waals surface area contributed by atoms with Crippen LogP contribution in [0.1, 0.15) is 15.9 Å². The molecule has 0 aliphatic carbocycles. The number of furan rings is 1. The lowest BCUT2D eigenvalue weighted by atomic mass is 10.2. The van der Waals surface area contributed by atoms with Gasteiger partial charge >= 0.3 is 0 Å². The first-order valence-corrected chi connectivity index (χ1v) is 8.47. The van der Waals surface area contributed by atoms with E-state index in [2.05, 4.69) is 15.9 Å². The molecular weight excluding hydrogens is 372 g/mol. The summed E-state index contributed by atoms with van der Waals surface area (Å²) in [5, 5.41) is 0. The van der Waals surface area contributed by atoms with Crippen LogP contribution in [-0.2, 0) is 4.79 Å². The molecule has 0 atom stereocenters. The summed E-state index contributed by atoms with van der Waals surface area (Å²) < 4.78 is 5.89. The maximum absolute atomic E-state index is 12.3. The van der Waals surface area contributed by atoms with E-state index in [1.165, 1.54) is 12.5 Å². The van der Waals surface area contributed by atoms with Crippen LogP contribution in [0.25, 0.3) is 6.08 Å². The minimum atomic E-state index is -0.0559. The molecule has 2 aromatic rings. The number of halogens is 1. The van der Waals surface area contributed by atoms with Crippen molar-refractivity contribution in [1.29, 1.82) is 0 Å². The van der Waals surface area contributed by atoms with Crippen molar-refractivity contribution in [3.8, 4) is 0 Å². The van der Waals surface area contributed by atoms with Crippen molar-refractivity contribution in [3.63, 3.8) is 0 Å². The second-order valence-electron chi connectivity index (χ2n) is 5.48. The Hall–Kier alpha value is -2.34. The Kier molecular flexibility index (Phi) is 5.15. The highest BCUT2D eigenvalue weighted by Gasteiger charge is 2.24. The third-order valence-corrected chi connectivity index (χ3v) is 4.68. The maximum Gasteiger partial charge on any atom is 0.257 e. The molecule has 2 heterocycles. The lowest BCUT2D eigenvalue weighted by Gasteiger charge is -2.34. The molecule has 0 bridgehead atoms. The number of benzene rings is 1. The summed E-state index contributed by atoms with van der Waals surface area (Å²) in [5.41, 5.74) is 1.50. The van der Waals surface area contributed by atoms with Gasteiger partial charge in [-0.25, -0.2) is 0 Å². The first-order valence-electron chi connectivity index (χ1n) is 7.68. The standard InChI is InChI=1S/C18H17BrN2O3/c19-16-4-2-1-3-14(16)5-6-17(22)20-8-10-21(11-9-20)18(23)15-7-12-24-13-15/h1-7,12-13H,8-11H2/b6-5+. The van der Waals surface area contributed by atoms with Gasteiger partial charge < -0.3 is 14.2 Å². The summed E-state index contributed by atoms with van der Waals surface area (Å²) in [6, 6.07) is 9.38. The van der Waals surface area contributed by atoms with E-state index < -0.39 is 0 Å². The summed E-state index contributed by atoms with van der Waals surface area (Å²) in [4.78, 5) is 28.0. The lowest BCUT2D eigenvalue weighted by Crippen LogP contribution is -2.50. The van der Waals surface area contributed by atoms with Crippen LogP contribution in [0.3, 0.4) is 0 Å². The van der Waals surface area contributed by atoms with Gasteiger partial charge in [-0.15, -0.1) is 0 Å². The Morgan fingerprint density at radius 2 is 1.75 bits per heavy atom. The number of rotatable bonds is 3. The molecule has 1 fully saturated rings. The monoisotopic (exact) mass is 388 g/mol. The van der Waals surface area contributed by atoms with Crippen molar-refractivity contribution in [1.82, 2.24) is 9.80 Å². The first kappa shape index (κ1) is 16.5. The minimum absolute atomic E-state index is 0.0406. The van der Waals surface area contributed by atoms with Crippen molar-refractivity contribution in [2.75, 3.05) is 26.2 Å². The molecule has 5 nitrogen and oxygen atoms in total. The summed E-state index contributed by atoms with van der Waals surface area (Å²) in [7, 11) is 0. The minimum Gasteiger partial charge on any atom is -0.472 e. The molecule has 0 radical (unpaired) electrons. The lowest BCUT2D eigenvalue weighted by molar-refractivity contribution is -0.127. The zero-order chi connectivity index (χ0) is 16.9. The Morgan fingerprint density at radius 3 is 2.42 bits per heavy atom. The van der Waals surface area contributed by atoms with E-state index in [0.717, 1.165) is 10.0 Å². The maximum atomic E-state index is 12.3. The van der Waals surface area contributed by atoms with Crippen LogP contribution >= 0.6 is 15.9 Å². The van der Waals surface area contributed by atoms with Crippen LogP contribution < -0.4 is 0 Å². The molecule has 1 saturated heterocycles. The quantitative estimate of drug-likeness (QED) is 0.759. The molecule has 1 aromatic carbocycles. The molecule has 6 heteroatoms. The SMILES string of the molecule is O=C(/C=C/c1ccccc1Br)N1CCN(C(=O)c2ccoc2)CC1. The molecule has 124 valence electrons. The average Bonchev–Trinajstić information content (AvgIpc) is 3.15. The number of hydrogen-bond acceptors (Lipinski definition) is 3. The fourth-order valence-electron chi connectivity index (χ4n) is 2.58. The van der Waals surface area contributed by atoms with Gasteiger partial charge in [-0.1, -0.05) is 34.1 Å². The van der Waals surface area contributed by atoms with Crippen LogP contribution in [0.4, 0.5) is 0 Å². The first-order chi connectivity index (χ1) is 11.6. The average molecular weight is 389 g/mol. The number of carbonyl (C=O) groups excluding carboxylic acids is 2. The molecule has 1 aliphatic rings. The van der Waals surface area contributed by atoms with Crippen LogP contribution in [0.5, 0.6) is 0 Å². The normalized spacial score (nSPS) is 15.0. The summed E-state index contributed by atoms with van der Waals surface area (Å²) in [6.45, 7) is 2.11. The van der Waals surface area contributed by atoms with Crippen LogP contribution in [0.2, 0.25) is 0 Å². The predicted octanol–water partition coefficient (Wildman–Crippen LogP) is 3.04. The highest BCUT2D eigenvalue weighted by molar-refractivity contribution is 9.10.